The Labute approximate surface area is 518 Å². The van der Waals surface area contributed by atoms with Crippen molar-refractivity contribution in [3.63, 3.8) is 0 Å². The third kappa shape index (κ3) is 13.1. The van der Waals surface area contributed by atoms with Gasteiger partial charge in [-0.05, 0) is 111 Å². The fraction of sp³-hybridized carbons (Fsp3) is 0.967. The van der Waals surface area contributed by atoms with Crippen LogP contribution < -0.4 is 0 Å². The summed E-state index contributed by atoms with van der Waals surface area (Å²) in [6.07, 6.45) is -34.6. The lowest BCUT2D eigenvalue weighted by atomic mass is 9.36. The van der Waals surface area contributed by atoms with Crippen molar-refractivity contribution < 1.29 is 139 Å². The Hall–Kier alpha value is -1.38. The minimum absolute atomic E-state index is 0.0736. The van der Waals surface area contributed by atoms with Gasteiger partial charge < -0.3 is 139 Å². The molecule has 0 bridgehead atoms. The van der Waals surface area contributed by atoms with E-state index >= 15 is 0 Å². The Balaban J connectivity index is 0.883. The van der Waals surface area contributed by atoms with Crippen LogP contribution in [-0.4, -0.2) is 296 Å². The summed E-state index contributed by atoms with van der Waals surface area (Å²) in [6.45, 7) is 15.9. The molecule has 28 nitrogen and oxygen atoms in total. The van der Waals surface area contributed by atoms with E-state index in [4.69, 9.17) is 47.4 Å². The van der Waals surface area contributed by atoms with E-state index in [0.717, 1.165) is 32.1 Å². The maximum absolute atomic E-state index is 11.9. The van der Waals surface area contributed by atoms with Crippen molar-refractivity contribution in [1.82, 2.24) is 0 Å². The van der Waals surface area contributed by atoms with Crippen LogP contribution in [0.4, 0.5) is 0 Å². The number of ether oxygens (including phenoxy) is 10. The number of rotatable bonds is 20. The van der Waals surface area contributed by atoms with Crippen molar-refractivity contribution in [2.24, 2.45) is 51.2 Å². The fourth-order valence-corrected chi connectivity index (χ4v) is 17.5. The van der Waals surface area contributed by atoms with Gasteiger partial charge in [-0.1, -0.05) is 60.1 Å². The minimum atomic E-state index is -1.93. The van der Waals surface area contributed by atoms with Gasteiger partial charge in [-0.15, -0.1) is 0 Å². The van der Waals surface area contributed by atoms with Crippen LogP contribution >= 0.6 is 0 Å². The van der Waals surface area contributed by atoms with E-state index in [1.54, 1.807) is 13.8 Å². The molecular weight excluding hydrogens is 1180 g/mol. The van der Waals surface area contributed by atoms with Gasteiger partial charge in [-0.3, -0.25) is 0 Å². The largest absolute Gasteiger partial charge is 0.394 e. The van der Waals surface area contributed by atoms with Crippen molar-refractivity contribution in [2.75, 3.05) is 33.0 Å². The first kappa shape index (κ1) is 71.9. The summed E-state index contributed by atoms with van der Waals surface area (Å²) in [7, 11) is 0. The molecule has 9 aliphatic rings. The quantitative estimate of drug-likeness (QED) is 0.0515. The number of hydrogen-bond acceptors (Lipinski definition) is 28. The van der Waals surface area contributed by atoms with Crippen molar-refractivity contribution in [1.29, 1.82) is 0 Å². The summed E-state index contributed by atoms with van der Waals surface area (Å²) < 4.78 is 59.6. The first-order valence-corrected chi connectivity index (χ1v) is 31.9. The number of hydrogen-bond donors (Lipinski definition) is 18. The van der Waals surface area contributed by atoms with E-state index in [0.29, 0.717) is 12.8 Å². The molecule has 8 fully saturated rings. The molecule has 9 rings (SSSR count). The molecule has 5 saturated heterocycles. The molecule has 18 N–H and O–H groups in total. The number of aliphatic hydroxyl groups is 18. The second-order valence-electron chi connectivity index (χ2n) is 29.1. The van der Waals surface area contributed by atoms with Gasteiger partial charge in [0.15, 0.2) is 31.5 Å². The molecule has 516 valence electrons. The molecule has 4 aliphatic carbocycles. The van der Waals surface area contributed by atoms with Crippen LogP contribution in [0, 0.1) is 51.2 Å². The molecule has 3 saturated carbocycles. The molecule has 28 heteroatoms. The van der Waals surface area contributed by atoms with E-state index in [2.05, 4.69) is 54.5 Å². The first-order chi connectivity index (χ1) is 41.6. The summed E-state index contributed by atoms with van der Waals surface area (Å²) in [5.74, 6) is 1.00. The standard InChI is InChI=1S/C61H104O28/c1-24(10-14-36(58(5,6)79)88-56-51(89-55-50(78)44(72)39(67)31(21-64)84-55)46(74)41(69)33(86-56)23-81-53-48(76)43(71)38(66)30(20-63)83-53)26-16-17-59(7)34-13-11-27-28(61(34,9)25(2)18-60(26,59)8)12-15-35(57(27,3)4)87-54-49(77)45(73)40(68)32(85-54)22-80-52-47(75)42(70)37(65)29(19-62)82-52/h11,24-26,28-56,62-79H,10,12-23H2,1-9H3/t24-,25-,26?,28?,29-,30-,31-,32-,33-,34?,35+,36-,37-,38-,39-,40-,41-,42+,43+,44+,45+,46+,47-,48-,49-,50-,51-,52-,53+,54+,55+,56+,59+,60-,61+/m1/s1. The van der Waals surface area contributed by atoms with Crippen molar-refractivity contribution in [3.05, 3.63) is 11.6 Å². The normalized spacial score (nSPS) is 51.8. The molecule has 0 aromatic rings. The zero-order valence-electron chi connectivity index (χ0n) is 52.4. The van der Waals surface area contributed by atoms with Gasteiger partial charge in [0.05, 0.1) is 50.8 Å². The Morgan fingerprint density at radius 1 is 0.528 bits per heavy atom. The molecule has 5 heterocycles. The number of fused-ring (bicyclic) bond motifs is 5. The van der Waals surface area contributed by atoms with Crippen LogP contribution in [0.15, 0.2) is 11.6 Å². The molecule has 5 aliphatic heterocycles. The fourth-order valence-electron chi connectivity index (χ4n) is 17.5. The van der Waals surface area contributed by atoms with Gasteiger partial charge in [0.1, 0.15) is 122 Å². The molecule has 3 unspecified atom stereocenters. The molecule has 0 aromatic heterocycles. The molecule has 0 spiro atoms. The molecule has 0 radical (unpaired) electrons. The topological polar surface area (TPSA) is 456 Å². The molecule has 0 amide bonds. The van der Waals surface area contributed by atoms with Gasteiger partial charge in [-0.25, -0.2) is 0 Å². The van der Waals surface area contributed by atoms with Crippen molar-refractivity contribution >= 4 is 0 Å². The van der Waals surface area contributed by atoms with Crippen LogP contribution in [-0.2, 0) is 47.4 Å². The summed E-state index contributed by atoms with van der Waals surface area (Å²) in [5.41, 5.74) is -1.32. The SMILES string of the molecule is C[C@H](CC[C@@H](O[C@@H]1O[C@H](CO[C@H]2O[C@H](CO)[C@@H](O)[C@H](O)[C@H]2O)[C@@H](O)[C@H](O)[C@H]1O[C@@H]1O[C@H](CO)[C@@H](O)[C@H](O)[C@H]1O)C(C)(C)O)C1CC[C@@]2(C)C3CC=C4C(CC[C@H](O[C@@H]5O[C@H](CO[C@@H]6O[C@H](CO)[C@@H](O)[C@H](O)[C@H]6O)[C@@H](O)[C@H](O)[C@H]5O)C4(C)C)[C@]3(C)[C@H](C)C[C@]12C. The highest BCUT2D eigenvalue weighted by Crippen LogP contribution is 2.76. The lowest BCUT2D eigenvalue weighted by Gasteiger charge is -2.68. The zero-order chi connectivity index (χ0) is 65.5. The molecular formula is C61H104O28. The average Bonchev–Trinajstić information content (AvgIpc) is 1.66. The summed E-state index contributed by atoms with van der Waals surface area (Å²) in [6, 6.07) is 0. The minimum Gasteiger partial charge on any atom is -0.394 e. The molecule has 35 atom stereocenters. The highest BCUT2D eigenvalue weighted by atomic mass is 16.8. The second-order valence-corrected chi connectivity index (χ2v) is 29.1. The van der Waals surface area contributed by atoms with Crippen molar-refractivity contribution in [2.45, 2.75) is 285 Å². The van der Waals surface area contributed by atoms with E-state index in [1.165, 1.54) is 5.57 Å². The average molecular weight is 1290 g/mol. The predicted octanol–water partition coefficient (Wildman–Crippen LogP) is -4.13. The summed E-state index contributed by atoms with van der Waals surface area (Å²) in [5, 5.41) is 193. The van der Waals surface area contributed by atoms with Crippen LogP contribution in [0.5, 0.6) is 0 Å². The predicted molar refractivity (Wildman–Crippen MR) is 303 cm³/mol. The van der Waals surface area contributed by atoms with E-state index in [-0.39, 0.29) is 52.3 Å². The van der Waals surface area contributed by atoms with Gasteiger partial charge in [-0.2, -0.15) is 0 Å². The lowest BCUT2D eigenvalue weighted by molar-refractivity contribution is -0.380. The maximum atomic E-state index is 11.9. The third-order valence-electron chi connectivity index (χ3n) is 23.3. The van der Waals surface area contributed by atoms with E-state index in [9.17, 15) is 91.9 Å². The molecule has 89 heavy (non-hydrogen) atoms. The lowest BCUT2D eigenvalue weighted by Crippen LogP contribution is -2.65. The molecule has 0 aromatic carbocycles. The van der Waals surface area contributed by atoms with Gasteiger partial charge in [0, 0.05) is 5.41 Å². The van der Waals surface area contributed by atoms with Gasteiger partial charge in [0.2, 0.25) is 0 Å². The Morgan fingerprint density at radius 3 is 1.46 bits per heavy atom. The Bertz CT molecular complexity index is 2340. The van der Waals surface area contributed by atoms with Crippen LogP contribution in [0.2, 0.25) is 0 Å². The monoisotopic (exact) mass is 1280 g/mol. The van der Waals surface area contributed by atoms with E-state index < -0.39 is 210 Å². The van der Waals surface area contributed by atoms with Crippen LogP contribution in [0.3, 0.4) is 0 Å². The zero-order valence-corrected chi connectivity index (χ0v) is 52.4. The third-order valence-corrected chi connectivity index (χ3v) is 23.3. The smallest absolute Gasteiger partial charge is 0.187 e. The van der Waals surface area contributed by atoms with Gasteiger partial charge >= 0.3 is 0 Å². The number of aliphatic hydroxyl groups excluding tert-OH is 17. The van der Waals surface area contributed by atoms with Crippen molar-refractivity contribution in [3.8, 4) is 0 Å². The summed E-state index contributed by atoms with van der Waals surface area (Å²) in [4.78, 5) is 0. The summed E-state index contributed by atoms with van der Waals surface area (Å²) >= 11 is 0. The van der Waals surface area contributed by atoms with Crippen LogP contribution in [0.25, 0.3) is 0 Å². The first-order valence-electron chi connectivity index (χ1n) is 31.9. The highest BCUT2D eigenvalue weighted by Gasteiger charge is 2.70. The van der Waals surface area contributed by atoms with Gasteiger partial charge in [0.25, 0.3) is 0 Å². The Morgan fingerprint density at radius 2 is 0.966 bits per heavy atom. The Kier molecular flexibility index (Phi) is 22.3. The van der Waals surface area contributed by atoms with E-state index in [1.807, 2.05) is 0 Å². The van der Waals surface area contributed by atoms with Crippen LogP contribution in [0.1, 0.15) is 114 Å². The number of allylic oxidation sites excluding steroid dienone is 1. The maximum Gasteiger partial charge on any atom is 0.187 e. The highest BCUT2D eigenvalue weighted by molar-refractivity contribution is 5.31. The second kappa shape index (κ2) is 27.6.